The number of nitrogens with one attached hydrogen (secondary N) is 2. The van der Waals surface area contributed by atoms with E-state index in [4.69, 9.17) is 11.6 Å². The number of benzene rings is 3. The zero-order valence-corrected chi connectivity index (χ0v) is 19.3. The number of non-ortho nitro benzene ring substituents is 1. The molecule has 0 spiro atoms. The number of sulfonamides is 1. The Balaban J connectivity index is 1.47. The molecule has 0 saturated carbocycles. The maximum absolute atomic E-state index is 12.8. The molecule has 4 aromatic rings. The van der Waals surface area contributed by atoms with Gasteiger partial charge in [0.1, 0.15) is 0 Å². The van der Waals surface area contributed by atoms with Gasteiger partial charge in [0.2, 0.25) is 10.0 Å². The van der Waals surface area contributed by atoms with Crippen LogP contribution in [0.5, 0.6) is 0 Å². The number of rotatable bonds is 8. The van der Waals surface area contributed by atoms with Crippen LogP contribution >= 0.6 is 22.9 Å². The molecule has 3 aromatic carbocycles. The van der Waals surface area contributed by atoms with Crippen molar-refractivity contribution in [3.8, 4) is 11.3 Å². The van der Waals surface area contributed by atoms with Crippen LogP contribution in [0.15, 0.2) is 83.1 Å². The lowest BCUT2D eigenvalue weighted by Crippen LogP contribution is -2.23. The van der Waals surface area contributed by atoms with Gasteiger partial charge in [-0.1, -0.05) is 35.9 Å². The van der Waals surface area contributed by atoms with E-state index in [1.54, 1.807) is 60.0 Å². The van der Waals surface area contributed by atoms with Gasteiger partial charge in [-0.15, -0.1) is 11.3 Å². The predicted octanol–water partition coefficient (Wildman–Crippen LogP) is 5.59. The van der Waals surface area contributed by atoms with Crippen molar-refractivity contribution in [3.63, 3.8) is 0 Å². The van der Waals surface area contributed by atoms with E-state index >= 15 is 0 Å². The number of thiazole rings is 1. The number of nitrogens with zero attached hydrogens (tertiary/aromatic N) is 2. The third-order valence-electron chi connectivity index (χ3n) is 4.65. The van der Waals surface area contributed by atoms with Gasteiger partial charge >= 0.3 is 0 Å². The molecule has 4 rings (SSSR count). The number of nitro groups is 1. The fourth-order valence-corrected chi connectivity index (χ4v) is 4.87. The molecule has 0 saturated heterocycles. The van der Waals surface area contributed by atoms with Crippen LogP contribution in [0.4, 0.5) is 16.5 Å². The van der Waals surface area contributed by atoms with Gasteiger partial charge in [-0.25, -0.2) is 18.1 Å². The molecule has 0 atom stereocenters. The van der Waals surface area contributed by atoms with Gasteiger partial charge in [0.15, 0.2) is 5.13 Å². The Morgan fingerprint density at radius 2 is 1.76 bits per heavy atom. The normalized spacial score (nSPS) is 11.3. The summed E-state index contributed by atoms with van der Waals surface area (Å²) in [7, 11) is -3.73. The molecule has 0 bridgehead atoms. The van der Waals surface area contributed by atoms with Gasteiger partial charge in [-0.2, -0.15) is 0 Å². The van der Waals surface area contributed by atoms with Crippen LogP contribution in [0.1, 0.15) is 5.56 Å². The summed E-state index contributed by atoms with van der Waals surface area (Å²) >= 11 is 7.20. The molecule has 0 amide bonds. The fourth-order valence-electron chi connectivity index (χ4n) is 2.94. The van der Waals surface area contributed by atoms with Gasteiger partial charge < -0.3 is 5.32 Å². The van der Waals surface area contributed by atoms with Crippen LogP contribution < -0.4 is 10.0 Å². The second kappa shape index (κ2) is 9.67. The largest absolute Gasteiger partial charge is 0.332 e. The summed E-state index contributed by atoms with van der Waals surface area (Å²) in [4.78, 5) is 15.0. The first-order valence-corrected chi connectivity index (χ1v) is 12.4. The van der Waals surface area contributed by atoms with Crippen molar-refractivity contribution >= 4 is 49.5 Å². The van der Waals surface area contributed by atoms with E-state index in [1.807, 2.05) is 0 Å². The first-order chi connectivity index (χ1) is 15.8. The number of anilines is 2. The standard InChI is InChI=1S/C22H17ClN4O4S2/c23-17-6-4-15(5-7-17)13-24-33(30,31)20-3-1-2-16(12-20)21-14-32-22(26-21)25-18-8-10-19(11-9-18)27(28)29/h1-12,14,24H,13H2,(H,25,26). The second-order valence-electron chi connectivity index (χ2n) is 6.95. The summed E-state index contributed by atoms with van der Waals surface area (Å²) < 4.78 is 28.1. The van der Waals surface area contributed by atoms with Crippen molar-refractivity contribution in [2.75, 3.05) is 5.32 Å². The SMILES string of the molecule is O=[N+]([O-])c1ccc(Nc2nc(-c3cccc(S(=O)(=O)NCc4ccc(Cl)cc4)c3)cs2)cc1. The number of aromatic nitrogens is 1. The quantitative estimate of drug-likeness (QED) is 0.240. The zero-order valence-electron chi connectivity index (χ0n) is 16.9. The summed E-state index contributed by atoms with van der Waals surface area (Å²) in [5.74, 6) is 0. The predicted molar refractivity (Wildman–Crippen MR) is 129 cm³/mol. The van der Waals surface area contributed by atoms with E-state index in [-0.39, 0.29) is 17.1 Å². The molecule has 1 heterocycles. The molecular weight excluding hydrogens is 484 g/mol. The molecule has 0 radical (unpaired) electrons. The molecule has 8 nitrogen and oxygen atoms in total. The van der Waals surface area contributed by atoms with Gasteiger partial charge in [-0.05, 0) is 42.0 Å². The minimum absolute atomic E-state index is 0.00285. The van der Waals surface area contributed by atoms with Crippen molar-refractivity contribution < 1.29 is 13.3 Å². The Kier molecular flexibility index (Phi) is 6.70. The van der Waals surface area contributed by atoms with E-state index in [9.17, 15) is 18.5 Å². The minimum atomic E-state index is -3.73. The smallest absolute Gasteiger partial charge is 0.269 e. The summed E-state index contributed by atoms with van der Waals surface area (Å²) in [5.41, 5.74) is 2.71. The second-order valence-corrected chi connectivity index (χ2v) is 10.0. The van der Waals surface area contributed by atoms with Crippen LogP contribution in [0, 0.1) is 10.1 Å². The highest BCUT2D eigenvalue weighted by molar-refractivity contribution is 7.89. The van der Waals surface area contributed by atoms with Gasteiger partial charge in [0, 0.05) is 40.3 Å². The zero-order chi connectivity index (χ0) is 23.4. The van der Waals surface area contributed by atoms with E-state index in [0.717, 1.165) is 5.56 Å². The number of nitro benzene ring substituents is 1. The highest BCUT2D eigenvalue weighted by Gasteiger charge is 2.16. The maximum Gasteiger partial charge on any atom is 0.269 e. The fraction of sp³-hybridized carbons (Fsp3) is 0.0455. The van der Waals surface area contributed by atoms with E-state index in [2.05, 4.69) is 15.0 Å². The number of hydrogen-bond donors (Lipinski definition) is 2. The molecular formula is C22H17ClN4O4S2. The average Bonchev–Trinajstić information content (AvgIpc) is 3.28. The summed E-state index contributed by atoms with van der Waals surface area (Å²) in [6, 6.07) is 19.5. The Hall–Kier alpha value is -3.31. The first-order valence-electron chi connectivity index (χ1n) is 9.62. The Bertz CT molecular complexity index is 1390. The van der Waals surface area contributed by atoms with E-state index in [0.29, 0.717) is 27.1 Å². The van der Waals surface area contributed by atoms with Crippen LogP contribution in [0.2, 0.25) is 5.02 Å². The molecule has 0 aliphatic rings. The lowest BCUT2D eigenvalue weighted by molar-refractivity contribution is -0.384. The first kappa shape index (κ1) is 22.9. The van der Waals surface area contributed by atoms with Crippen molar-refractivity contribution in [1.29, 1.82) is 0 Å². The van der Waals surface area contributed by atoms with Crippen molar-refractivity contribution in [1.82, 2.24) is 9.71 Å². The summed E-state index contributed by atoms with van der Waals surface area (Å²) in [5, 5.41) is 16.8. The number of halogens is 1. The lowest BCUT2D eigenvalue weighted by atomic mass is 10.2. The lowest BCUT2D eigenvalue weighted by Gasteiger charge is -2.08. The summed E-state index contributed by atoms with van der Waals surface area (Å²) in [6.07, 6.45) is 0. The Morgan fingerprint density at radius 3 is 2.45 bits per heavy atom. The van der Waals surface area contributed by atoms with Gasteiger partial charge in [0.25, 0.3) is 5.69 Å². The third kappa shape index (κ3) is 5.74. The highest BCUT2D eigenvalue weighted by atomic mass is 35.5. The van der Waals surface area contributed by atoms with Crippen LogP contribution in [-0.4, -0.2) is 18.3 Å². The monoisotopic (exact) mass is 500 g/mol. The number of hydrogen-bond acceptors (Lipinski definition) is 7. The Labute approximate surface area is 199 Å². The molecule has 0 aliphatic heterocycles. The Morgan fingerprint density at radius 1 is 1.03 bits per heavy atom. The third-order valence-corrected chi connectivity index (χ3v) is 7.06. The van der Waals surface area contributed by atoms with Crippen molar-refractivity contribution in [2.45, 2.75) is 11.4 Å². The molecule has 0 unspecified atom stereocenters. The van der Waals surface area contributed by atoms with Gasteiger partial charge in [0.05, 0.1) is 15.5 Å². The topological polar surface area (TPSA) is 114 Å². The van der Waals surface area contributed by atoms with Crippen LogP contribution in [-0.2, 0) is 16.6 Å². The molecule has 0 fully saturated rings. The molecule has 33 heavy (non-hydrogen) atoms. The minimum Gasteiger partial charge on any atom is -0.332 e. The van der Waals surface area contributed by atoms with Crippen molar-refractivity contribution in [2.24, 2.45) is 0 Å². The molecule has 11 heteroatoms. The van der Waals surface area contributed by atoms with Gasteiger partial charge in [-0.3, -0.25) is 10.1 Å². The van der Waals surface area contributed by atoms with Crippen LogP contribution in [0.3, 0.4) is 0 Å². The maximum atomic E-state index is 12.8. The molecule has 1 aromatic heterocycles. The average molecular weight is 501 g/mol. The highest BCUT2D eigenvalue weighted by Crippen LogP contribution is 2.29. The molecule has 168 valence electrons. The molecule has 0 aliphatic carbocycles. The van der Waals surface area contributed by atoms with Crippen molar-refractivity contribution in [3.05, 3.63) is 98.9 Å². The van der Waals surface area contributed by atoms with E-state index < -0.39 is 14.9 Å². The van der Waals surface area contributed by atoms with E-state index in [1.165, 1.54) is 29.5 Å². The van der Waals surface area contributed by atoms with Crippen LogP contribution in [0.25, 0.3) is 11.3 Å². The summed E-state index contributed by atoms with van der Waals surface area (Å²) in [6.45, 7) is 0.143. The molecule has 2 N–H and O–H groups in total.